The molecule has 0 atom stereocenters. The molecule has 0 saturated carbocycles. The minimum absolute atomic E-state index is 0.258. The number of amides is 1. The summed E-state index contributed by atoms with van der Waals surface area (Å²) in [5.41, 5.74) is 10.2. The first-order chi connectivity index (χ1) is 19.1. The fourth-order valence-corrected chi connectivity index (χ4v) is 4.79. The van der Waals surface area contributed by atoms with Crippen LogP contribution in [-0.4, -0.2) is 37.6 Å². The van der Waals surface area contributed by atoms with Crippen LogP contribution >= 0.6 is 0 Å². The lowest BCUT2D eigenvalue weighted by molar-refractivity contribution is -0.117. The van der Waals surface area contributed by atoms with Crippen LogP contribution in [0.4, 0.5) is 0 Å². The number of hydrogen-bond donors (Lipinski definition) is 1. The van der Waals surface area contributed by atoms with Gasteiger partial charge in [0, 0.05) is 32.0 Å². The van der Waals surface area contributed by atoms with E-state index in [1.54, 1.807) is 7.11 Å². The largest absolute Gasteiger partial charge is 0.497 e. The normalized spacial score (nSPS) is 11.1. The third-order valence-corrected chi connectivity index (χ3v) is 6.86. The highest BCUT2D eigenvalue weighted by Crippen LogP contribution is 2.27. The van der Waals surface area contributed by atoms with Gasteiger partial charge in [-0.15, -0.1) is 0 Å². The van der Waals surface area contributed by atoms with Crippen LogP contribution in [0.2, 0.25) is 0 Å². The molecule has 202 valence electrons. The van der Waals surface area contributed by atoms with E-state index < -0.39 is 0 Å². The van der Waals surface area contributed by atoms with Crippen molar-refractivity contribution in [2.75, 3.05) is 26.8 Å². The lowest BCUT2D eigenvalue weighted by Gasteiger charge is -2.28. The van der Waals surface area contributed by atoms with E-state index >= 15 is 0 Å². The molecule has 0 fully saturated rings. The van der Waals surface area contributed by atoms with Crippen molar-refractivity contribution in [3.05, 3.63) is 131 Å². The van der Waals surface area contributed by atoms with Gasteiger partial charge in [0.05, 0.1) is 13.7 Å². The second-order valence-corrected chi connectivity index (χ2v) is 9.77. The molecule has 0 aromatic heterocycles. The molecular formula is C34H38N2O3. The molecule has 2 N–H and O–H groups in total. The highest BCUT2D eigenvalue weighted by molar-refractivity contribution is 5.74. The lowest BCUT2D eigenvalue weighted by Crippen LogP contribution is -2.30. The standard InChI is InChI=1S/C34H38N2O3/c1-38-31-19-16-28(17-20-31)25-36(22-9-23-39-32-15-8-10-27(24-32)18-21-34(35)37)26-33(29-11-4-2-5-12-29)30-13-6-3-7-14-30/h2-8,10-17,19-20,24,33H,9,18,21-23,25-26H2,1H3,(H2,35,37). The first-order valence-electron chi connectivity index (χ1n) is 13.6. The van der Waals surface area contributed by atoms with Gasteiger partial charge in [-0.25, -0.2) is 0 Å². The molecule has 0 unspecified atom stereocenters. The maximum atomic E-state index is 11.1. The Balaban J connectivity index is 1.45. The van der Waals surface area contributed by atoms with Gasteiger partial charge in [0.25, 0.3) is 0 Å². The van der Waals surface area contributed by atoms with Gasteiger partial charge in [0.2, 0.25) is 5.91 Å². The molecule has 0 spiro atoms. The highest BCUT2D eigenvalue weighted by Gasteiger charge is 2.18. The Morgan fingerprint density at radius 1 is 0.795 bits per heavy atom. The molecular weight excluding hydrogens is 484 g/mol. The van der Waals surface area contributed by atoms with Crippen LogP contribution < -0.4 is 15.2 Å². The van der Waals surface area contributed by atoms with Crippen molar-refractivity contribution >= 4 is 5.91 Å². The van der Waals surface area contributed by atoms with E-state index in [1.165, 1.54) is 16.7 Å². The minimum atomic E-state index is -0.289. The number of carbonyl (C=O) groups is 1. The molecule has 39 heavy (non-hydrogen) atoms. The summed E-state index contributed by atoms with van der Waals surface area (Å²) in [5, 5.41) is 0. The average molecular weight is 523 g/mol. The Hall–Kier alpha value is -4.09. The van der Waals surface area contributed by atoms with Crippen LogP contribution in [0.15, 0.2) is 109 Å². The summed E-state index contributed by atoms with van der Waals surface area (Å²) in [5.74, 6) is 1.66. The van der Waals surface area contributed by atoms with Gasteiger partial charge in [-0.3, -0.25) is 9.69 Å². The highest BCUT2D eigenvalue weighted by atomic mass is 16.5. The van der Waals surface area contributed by atoms with E-state index in [1.807, 2.05) is 36.4 Å². The van der Waals surface area contributed by atoms with Crippen molar-refractivity contribution in [3.63, 3.8) is 0 Å². The van der Waals surface area contributed by atoms with E-state index in [4.69, 9.17) is 15.2 Å². The molecule has 0 aliphatic carbocycles. The number of benzene rings is 4. The first-order valence-corrected chi connectivity index (χ1v) is 13.6. The SMILES string of the molecule is COc1ccc(CN(CCCOc2cccc(CCC(N)=O)c2)CC(c2ccccc2)c2ccccc2)cc1. The monoisotopic (exact) mass is 522 g/mol. The number of rotatable bonds is 15. The van der Waals surface area contributed by atoms with Crippen LogP contribution in [0.3, 0.4) is 0 Å². The van der Waals surface area contributed by atoms with Gasteiger partial charge in [-0.2, -0.15) is 0 Å². The molecule has 4 aromatic rings. The van der Waals surface area contributed by atoms with Crippen LogP contribution in [0.5, 0.6) is 11.5 Å². The molecule has 0 heterocycles. The lowest BCUT2D eigenvalue weighted by atomic mass is 9.90. The average Bonchev–Trinajstić information content (AvgIpc) is 2.98. The van der Waals surface area contributed by atoms with Gasteiger partial charge in [-0.1, -0.05) is 84.9 Å². The molecule has 4 aromatic carbocycles. The molecule has 4 rings (SSSR count). The predicted octanol–water partition coefficient (Wildman–Crippen LogP) is 6.22. The van der Waals surface area contributed by atoms with Crippen LogP contribution in [-0.2, 0) is 17.8 Å². The molecule has 1 amide bonds. The van der Waals surface area contributed by atoms with Gasteiger partial charge in [-0.05, 0) is 59.4 Å². The zero-order chi connectivity index (χ0) is 27.3. The van der Waals surface area contributed by atoms with Crippen molar-refractivity contribution < 1.29 is 14.3 Å². The molecule has 5 heteroatoms. The fourth-order valence-electron chi connectivity index (χ4n) is 4.79. The predicted molar refractivity (Wildman–Crippen MR) is 157 cm³/mol. The van der Waals surface area contributed by atoms with Crippen LogP contribution in [0, 0.1) is 0 Å². The summed E-state index contributed by atoms with van der Waals surface area (Å²) in [6.45, 7) is 3.23. The maximum absolute atomic E-state index is 11.1. The molecule has 5 nitrogen and oxygen atoms in total. The van der Waals surface area contributed by atoms with Gasteiger partial charge in [0.15, 0.2) is 0 Å². The second kappa shape index (κ2) is 14.7. The Morgan fingerprint density at radius 2 is 1.46 bits per heavy atom. The van der Waals surface area contributed by atoms with Crippen molar-refractivity contribution in [1.29, 1.82) is 0 Å². The Kier molecular flexibility index (Phi) is 10.6. The third-order valence-electron chi connectivity index (χ3n) is 6.86. The summed E-state index contributed by atoms with van der Waals surface area (Å²) in [4.78, 5) is 13.6. The summed E-state index contributed by atoms with van der Waals surface area (Å²) in [6.07, 6.45) is 1.86. The second-order valence-electron chi connectivity index (χ2n) is 9.77. The molecule has 0 saturated heterocycles. The molecule has 0 aliphatic rings. The van der Waals surface area contributed by atoms with E-state index in [0.717, 1.165) is 43.1 Å². The number of primary amides is 1. The van der Waals surface area contributed by atoms with Crippen molar-refractivity contribution in [3.8, 4) is 11.5 Å². The number of nitrogens with zero attached hydrogens (tertiary/aromatic N) is 1. The Bertz CT molecular complexity index is 1240. The van der Waals surface area contributed by atoms with Crippen LogP contribution in [0.25, 0.3) is 0 Å². The molecule has 0 aliphatic heterocycles. The first kappa shape index (κ1) is 27.9. The van der Waals surface area contributed by atoms with E-state index in [9.17, 15) is 4.79 Å². The van der Waals surface area contributed by atoms with Crippen molar-refractivity contribution in [2.45, 2.75) is 31.7 Å². The number of aryl methyl sites for hydroxylation is 1. The number of carbonyl (C=O) groups excluding carboxylic acids is 1. The van der Waals surface area contributed by atoms with E-state index in [0.29, 0.717) is 19.4 Å². The van der Waals surface area contributed by atoms with Gasteiger partial charge >= 0.3 is 0 Å². The van der Waals surface area contributed by atoms with E-state index in [-0.39, 0.29) is 11.8 Å². The summed E-state index contributed by atoms with van der Waals surface area (Å²) < 4.78 is 11.5. The van der Waals surface area contributed by atoms with E-state index in [2.05, 4.69) is 77.7 Å². The zero-order valence-electron chi connectivity index (χ0n) is 22.7. The number of methoxy groups -OCH3 is 1. The quantitative estimate of drug-likeness (QED) is 0.188. The summed E-state index contributed by atoms with van der Waals surface area (Å²) in [7, 11) is 1.69. The zero-order valence-corrected chi connectivity index (χ0v) is 22.7. The summed E-state index contributed by atoms with van der Waals surface area (Å²) in [6, 6.07) is 37.7. The fraction of sp³-hybridized carbons (Fsp3) is 0.265. The van der Waals surface area contributed by atoms with Crippen molar-refractivity contribution in [1.82, 2.24) is 4.90 Å². The van der Waals surface area contributed by atoms with Gasteiger partial charge in [0.1, 0.15) is 11.5 Å². The molecule has 0 bridgehead atoms. The van der Waals surface area contributed by atoms with Crippen molar-refractivity contribution in [2.24, 2.45) is 5.73 Å². The Labute approximate surface area is 232 Å². The topological polar surface area (TPSA) is 64.8 Å². The van der Waals surface area contributed by atoms with Crippen LogP contribution in [0.1, 0.15) is 41.0 Å². The summed E-state index contributed by atoms with van der Waals surface area (Å²) >= 11 is 0. The number of nitrogens with two attached hydrogens (primary N) is 1. The third kappa shape index (κ3) is 9.01. The number of hydrogen-bond acceptors (Lipinski definition) is 4. The smallest absolute Gasteiger partial charge is 0.217 e. The minimum Gasteiger partial charge on any atom is -0.497 e. The molecule has 0 radical (unpaired) electrons. The number of ether oxygens (including phenoxy) is 2. The maximum Gasteiger partial charge on any atom is 0.217 e. The Morgan fingerprint density at radius 3 is 2.08 bits per heavy atom. The van der Waals surface area contributed by atoms with Gasteiger partial charge < -0.3 is 15.2 Å².